The number of unbranched alkanes of at least 4 members (excludes halogenated alkanes) is 2. The maximum atomic E-state index is 11.8. The van der Waals surface area contributed by atoms with E-state index >= 15 is 0 Å². The topological polar surface area (TPSA) is 37.3 Å². The van der Waals surface area contributed by atoms with E-state index in [9.17, 15) is 18.0 Å². The zero-order valence-electron chi connectivity index (χ0n) is 9.92. The zero-order valence-corrected chi connectivity index (χ0v) is 10.7. The Morgan fingerprint density at radius 2 is 1.94 bits per heavy atom. The first-order valence-electron chi connectivity index (χ1n) is 5.78. The molecule has 0 bridgehead atoms. The van der Waals surface area contributed by atoms with Crippen LogP contribution in [0.25, 0.3) is 0 Å². The van der Waals surface area contributed by atoms with Gasteiger partial charge in [-0.2, -0.15) is 13.2 Å². The monoisotopic (exact) mass is 272 g/mol. The predicted octanol–water partition coefficient (Wildman–Crippen LogP) is 4.10. The molecule has 2 nitrogen and oxygen atoms in total. The Kier molecular flexibility index (Phi) is 8.47. The Hall–Kier alpha value is -0.390. The van der Waals surface area contributed by atoms with Crippen LogP contribution in [0.2, 0.25) is 0 Å². The summed E-state index contributed by atoms with van der Waals surface area (Å²) in [5.74, 6) is -0.379. The molecule has 1 N–H and O–H groups in total. The van der Waals surface area contributed by atoms with Gasteiger partial charge in [-0.15, -0.1) is 11.8 Å². The predicted molar refractivity (Wildman–Crippen MR) is 63.3 cm³/mol. The van der Waals surface area contributed by atoms with Gasteiger partial charge in [0, 0.05) is 6.42 Å². The second-order valence-corrected chi connectivity index (χ2v) is 5.22. The normalized spacial score (nSPS) is 13.6. The number of halogens is 3. The van der Waals surface area contributed by atoms with E-state index in [0.717, 1.165) is 12.8 Å². The third-order valence-electron chi connectivity index (χ3n) is 2.27. The molecule has 0 rings (SSSR count). The van der Waals surface area contributed by atoms with E-state index in [-0.39, 0.29) is 6.42 Å². The molecule has 0 aliphatic carbocycles. The Morgan fingerprint density at radius 3 is 2.41 bits per heavy atom. The largest absolute Gasteiger partial charge is 0.480 e. The lowest BCUT2D eigenvalue weighted by atomic mass is 10.2. The lowest BCUT2D eigenvalue weighted by Gasteiger charge is -2.11. The van der Waals surface area contributed by atoms with Crippen molar-refractivity contribution in [1.82, 2.24) is 0 Å². The number of hydrogen-bond acceptors (Lipinski definition) is 2. The molecule has 0 aliphatic rings. The second kappa shape index (κ2) is 8.66. The van der Waals surface area contributed by atoms with Crippen LogP contribution in [0.15, 0.2) is 0 Å². The first-order chi connectivity index (χ1) is 7.87. The first kappa shape index (κ1) is 16.6. The van der Waals surface area contributed by atoms with Crippen LogP contribution in [-0.4, -0.2) is 28.3 Å². The van der Waals surface area contributed by atoms with Gasteiger partial charge in [0.05, 0.1) is 0 Å². The number of alkyl halides is 3. The van der Waals surface area contributed by atoms with Crippen molar-refractivity contribution in [2.24, 2.45) is 0 Å². The summed E-state index contributed by atoms with van der Waals surface area (Å²) in [6.45, 7) is 1.98. The van der Waals surface area contributed by atoms with Crippen LogP contribution in [0.4, 0.5) is 13.2 Å². The summed E-state index contributed by atoms with van der Waals surface area (Å²) in [6, 6.07) is 0. The summed E-state index contributed by atoms with van der Waals surface area (Å²) in [5, 5.41) is 8.41. The molecule has 102 valence electrons. The quantitative estimate of drug-likeness (QED) is 0.642. The van der Waals surface area contributed by atoms with Gasteiger partial charge in [0.1, 0.15) is 5.25 Å². The van der Waals surface area contributed by atoms with Crippen LogP contribution >= 0.6 is 11.8 Å². The van der Waals surface area contributed by atoms with Crippen LogP contribution in [0, 0.1) is 0 Å². The molecule has 0 aromatic rings. The second-order valence-electron chi connectivity index (χ2n) is 3.91. The molecule has 0 aliphatic heterocycles. The minimum absolute atomic E-state index is 0.0800. The maximum absolute atomic E-state index is 11.8. The molecule has 0 radical (unpaired) electrons. The Morgan fingerprint density at radius 1 is 1.29 bits per heavy atom. The fourth-order valence-corrected chi connectivity index (χ4v) is 2.45. The molecule has 0 saturated heterocycles. The van der Waals surface area contributed by atoms with Gasteiger partial charge in [0.25, 0.3) is 0 Å². The molecule has 0 aromatic heterocycles. The molecule has 0 amide bonds. The first-order valence-corrected chi connectivity index (χ1v) is 6.83. The Balaban J connectivity index is 3.65. The molecule has 0 heterocycles. The van der Waals surface area contributed by atoms with E-state index in [4.69, 9.17) is 5.11 Å². The number of rotatable bonds is 9. The van der Waals surface area contributed by atoms with E-state index < -0.39 is 23.8 Å². The van der Waals surface area contributed by atoms with Crippen molar-refractivity contribution in [2.75, 3.05) is 5.75 Å². The highest BCUT2D eigenvalue weighted by Gasteiger charge is 2.26. The van der Waals surface area contributed by atoms with E-state index in [0.29, 0.717) is 18.6 Å². The van der Waals surface area contributed by atoms with Crippen molar-refractivity contribution in [3.63, 3.8) is 0 Å². The molecule has 1 atom stereocenters. The van der Waals surface area contributed by atoms with Crippen LogP contribution < -0.4 is 0 Å². The fraction of sp³-hybridized carbons (Fsp3) is 0.909. The zero-order chi connectivity index (χ0) is 13.3. The summed E-state index contributed by atoms with van der Waals surface area (Å²) in [4.78, 5) is 10.8. The molecular weight excluding hydrogens is 253 g/mol. The van der Waals surface area contributed by atoms with Crippen LogP contribution in [-0.2, 0) is 4.79 Å². The number of carboxylic acids is 1. The van der Waals surface area contributed by atoms with Crippen molar-refractivity contribution in [3.05, 3.63) is 0 Å². The smallest absolute Gasteiger partial charge is 0.389 e. The lowest BCUT2D eigenvalue weighted by molar-refractivity contribution is -0.137. The van der Waals surface area contributed by atoms with Gasteiger partial charge in [-0.1, -0.05) is 19.8 Å². The van der Waals surface area contributed by atoms with Crippen molar-refractivity contribution in [2.45, 2.75) is 56.9 Å². The Bertz CT molecular complexity index is 219. The van der Waals surface area contributed by atoms with Gasteiger partial charge in [-0.3, -0.25) is 4.79 Å². The molecule has 1 unspecified atom stereocenters. The van der Waals surface area contributed by atoms with Gasteiger partial charge < -0.3 is 5.11 Å². The standard InChI is InChI=1S/C11H19F3O2S/c1-2-3-6-9(10(15)16)17-8-5-4-7-11(12,13)14/h9H,2-8H2,1H3,(H,15,16). The van der Waals surface area contributed by atoms with Gasteiger partial charge in [0.15, 0.2) is 0 Å². The Labute approximate surface area is 104 Å². The minimum atomic E-state index is -4.10. The van der Waals surface area contributed by atoms with Crippen molar-refractivity contribution in [3.8, 4) is 0 Å². The SMILES string of the molecule is CCCCC(SCCCCC(F)(F)F)C(=O)O. The highest BCUT2D eigenvalue weighted by molar-refractivity contribution is 8.00. The molecule has 0 saturated carbocycles. The molecule has 6 heteroatoms. The summed E-state index contributed by atoms with van der Waals surface area (Å²) in [6.07, 6.45) is -2.02. The van der Waals surface area contributed by atoms with E-state index in [1.165, 1.54) is 11.8 Å². The van der Waals surface area contributed by atoms with E-state index in [1.807, 2.05) is 6.92 Å². The van der Waals surface area contributed by atoms with Crippen molar-refractivity contribution in [1.29, 1.82) is 0 Å². The highest BCUT2D eigenvalue weighted by atomic mass is 32.2. The van der Waals surface area contributed by atoms with Crippen LogP contribution in [0.1, 0.15) is 45.4 Å². The molecule has 0 aromatic carbocycles. The number of carbonyl (C=O) groups is 1. The van der Waals surface area contributed by atoms with Gasteiger partial charge >= 0.3 is 12.1 Å². The minimum Gasteiger partial charge on any atom is -0.480 e. The van der Waals surface area contributed by atoms with Crippen molar-refractivity contribution < 1.29 is 23.1 Å². The average Bonchev–Trinajstić information content (AvgIpc) is 2.20. The summed E-state index contributed by atoms with van der Waals surface area (Å²) >= 11 is 1.25. The molecular formula is C11H19F3O2S. The van der Waals surface area contributed by atoms with Gasteiger partial charge in [-0.05, 0) is 25.0 Å². The average molecular weight is 272 g/mol. The molecule has 0 fully saturated rings. The molecule has 0 spiro atoms. The van der Waals surface area contributed by atoms with Gasteiger partial charge in [0.2, 0.25) is 0 Å². The van der Waals surface area contributed by atoms with Crippen LogP contribution in [0.5, 0.6) is 0 Å². The number of hydrogen-bond donors (Lipinski definition) is 1. The van der Waals surface area contributed by atoms with Crippen LogP contribution in [0.3, 0.4) is 0 Å². The third kappa shape index (κ3) is 10.5. The molecule has 17 heavy (non-hydrogen) atoms. The highest BCUT2D eigenvalue weighted by Crippen LogP contribution is 2.24. The maximum Gasteiger partial charge on any atom is 0.389 e. The van der Waals surface area contributed by atoms with Gasteiger partial charge in [-0.25, -0.2) is 0 Å². The van der Waals surface area contributed by atoms with E-state index in [1.54, 1.807) is 0 Å². The summed E-state index contributed by atoms with van der Waals surface area (Å²) in [7, 11) is 0. The van der Waals surface area contributed by atoms with E-state index in [2.05, 4.69) is 0 Å². The third-order valence-corrected chi connectivity index (χ3v) is 3.63. The summed E-state index contributed by atoms with van der Waals surface area (Å²) in [5.41, 5.74) is 0. The number of thioether (sulfide) groups is 1. The lowest BCUT2D eigenvalue weighted by Crippen LogP contribution is -2.16. The van der Waals surface area contributed by atoms with Crippen molar-refractivity contribution >= 4 is 17.7 Å². The fourth-order valence-electron chi connectivity index (χ4n) is 1.32. The number of aliphatic carboxylic acids is 1. The summed E-state index contributed by atoms with van der Waals surface area (Å²) < 4.78 is 35.5. The number of carboxylic acid groups (broad SMARTS) is 1.